The molecule has 6 rings (SSSR count). The molecule has 1 N–H and O–H groups in total. The van der Waals surface area contributed by atoms with E-state index in [0.717, 1.165) is 36.5 Å². The van der Waals surface area contributed by atoms with Crippen LogP contribution in [-0.4, -0.2) is 45.5 Å². The minimum atomic E-state index is 0.531. The van der Waals surface area contributed by atoms with Crippen molar-refractivity contribution in [2.24, 2.45) is 5.92 Å². The smallest absolute Gasteiger partial charge is 0.156 e. The lowest BCUT2D eigenvalue weighted by molar-refractivity contribution is 0.256. The Balaban J connectivity index is 1.42. The van der Waals surface area contributed by atoms with Gasteiger partial charge in [-0.3, -0.25) is 4.90 Å². The zero-order chi connectivity index (χ0) is 16.6. The van der Waals surface area contributed by atoms with Crippen LogP contribution in [-0.2, 0) is 6.54 Å². The van der Waals surface area contributed by atoms with Gasteiger partial charge in [0.1, 0.15) is 11.8 Å². The molecule has 0 spiro atoms. The maximum Gasteiger partial charge on any atom is 0.156 e. The number of rotatable bonds is 3. The molecular weight excluding hydrogens is 310 g/mol. The third kappa shape index (κ3) is 2.78. The van der Waals surface area contributed by atoms with Crippen LogP contribution in [0.15, 0.2) is 48.9 Å². The van der Waals surface area contributed by atoms with Crippen LogP contribution >= 0.6 is 0 Å². The molecule has 2 atom stereocenters. The Labute approximate surface area is 147 Å². The Morgan fingerprint density at radius 2 is 1.92 bits per heavy atom. The fourth-order valence-electron chi connectivity index (χ4n) is 4.49. The van der Waals surface area contributed by atoms with Gasteiger partial charge in [0.05, 0.1) is 5.52 Å². The van der Waals surface area contributed by atoms with Crippen LogP contribution < -0.4 is 4.90 Å². The summed E-state index contributed by atoms with van der Waals surface area (Å²) in [6, 6.07) is 13.4. The number of anilines is 1. The van der Waals surface area contributed by atoms with Gasteiger partial charge < -0.3 is 9.88 Å². The Bertz CT molecular complexity index is 859. The number of hydrogen-bond donors (Lipinski definition) is 1. The monoisotopic (exact) mass is 333 g/mol. The van der Waals surface area contributed by atoms with Crippen LogP contribution in [0, 0.1) is 5.92 Å². The maximum absolute atomic E-state index is 4.64. The van der Waals surface area contributed by atoms with E-state index in [4.69, 9.17) is 0 Å². The molecule has 1 aromatic carbocycles. The van der Waals surface area contributed by atoms with Crippen molar-refractivity contribution in [1.82, 2.24) is 19.9 Å². The lowest BCUT2D eigenvalue weighted by Gasteiger charge is -2.37. The molecule has 5 nitrogen and oxygen atoms in total. The number of hydrogen-bond acceptors (Lipinski definition) is 4. The van der Waals surface area contributed by atoms with E-state index in [0.29, 0.717) is 12.0 Å². The second-order valence-corrected chi connectivity index (χ2v) is 7.36. The number of aromatic amines is 1. The van der Waals surface area contributed by atoms with Gasteiger partial charge in [-0.25, -0.2) is 9.97 Å². The van der Waals surface area contributed by atoms with E-state index in [-0.39, 0.29) is 0 Å². The highest BCUT2D eigenvalue weighted by atomic mass is 15.3. The first kappa shape index (κ1) is 14.9. The maximum atomic E-state index is 4.64. The van der Waals surface area contributed by atoms with Crippen molar-refractivity contribution in [3.63, 3.8) is 0 Å². The first-order valence-corrected chi connectivity index (χ1v) is 9.18. The second kappa shape index (κ2) is 6.15. The lowest BCUT2D eigenvalue weighted by atomic mass is 9.95. The molecule has 0 saturated carbocycles. The SMILES string of the molecule is c1ccc(CN2CC3CCC(C2)N(c2ncnc4cc[nH]c24)C3)cc1. The molecule has 0 amide bonds. The Morgan fingerprint density at radius 1 is 1.00 bits per heavy atom. The molecule has 3 aliphatic rings. The summed E-state index contributed by atoms with van der Waals surface area (Å²) in [5, 5.41) is 0. The van der Waals surface area contributed by atoms with Crippen LogP contribution in [0.2, 0.25) is 0 Å². The fourth-order valence-corrected chi connectivity index (χ4v) is 4.49. The van der Waals surface area contributed by atoms with E-state index in [2.05, 4.69) is 55.1 Å². The Kier molecular flexibility index (Phi) is 3.67. The zero-order valence-electron chi connectivity index (χ0n) is 14.3. The number of nitrogens with one attached hydrogen (secondary N) is 1. The van der Waals surface area contributed by atoms with Gasteiger partial charge in [-0.2, -0.15) is 0 Å². The summed E-state index contributed by atoms with van der Waals surface area (Å²) in [6.07, 6.45) is 6.24. The first-order chi connectivity index (χ1) is 12.4. The number of nitrogens with zero attached hydrogens (tertiary/aromatic N) is 4. The minimum Gasteiger partial charge on any atom is -0.357 e. The lowest BCUT2D eigenvalue weighted by Crippen LogP contribution is -2.44. The second-order valence-electron chi connectivity index (χ2n) is 7.36. The summed E-state index contributed by atoms with van der Waals surface area (Å²) in [7, 11) is 0. The van der Waals surface area contributed by atoms with E-state index in [1.807, 2.05) is 12.3 Å². The Morgan fingerprint density at radius 3 is 2.84 bits per heavy atom. The summed E-state index contributed by atoms with van der Waals surface area (Å²) in [5.74, 6) is 1.79. The molecule has 5 heterocycles. The number of benzene rings is 1. The first-order valence-electron chi connectivity index (χ1n) is 9.18. The standard InChI is InChI=1S/C20H23N5/c1-2-4-15(5-3-1)10-24-11-16-6-7-17(13-24)25(12-16)20-19-18(8-9-21-19)22-14-23-20/h1-5,8-9,14,16-17,21H,6-7,10-13H2. The van der Waals surface area contributed by atoms with Crippen molar-refractivity contribution >= 4 is 16.9 Å². The average Bonchev–Trinajstić information content (AvgIpc) is 2.97. The molecule has 3 aliphatic heterocycles. The predicted molar refractivity (Wildman–Crippen MR) is 99.5 cm³/mol. The third-order valence-corrected chi connectivity index (χ3v) is 5.64. The average molecular weight is 333 g/mol. The van der Waals surface area contributed by atoms with Crippen molar-refractivity contribution in [3.8, 4) is 0 Å². The zero-order valence-corrected chi connectivity index (χ0v) is 14.3. The summed E-state index contributed by atoms with van der Waals surface area (Å²) in [4.78, 5) is 17.5. The molecule has 3 saturated heterocycles. The molecule has 3 fully saturated rings. The molecule has 5 heteroatoms. The van der Waals surface area contributed by atoms with Gasteiger partial charge in [0.2, 0.25) is 0 Å². The minimum absolute atomic E-state index is 0.531. The van der Waals surface area contributed by atoms with Crippen LogP contribution in [0.25, 0.3) is 11.0 Å². The molecule has 2 bridgehead atoms. The van der Waals surface area contributed by atoms with Gasteiger partial charge >= 0.3 is 0 Å². The normalized spacial score (nSPS) is 23.9. The molecule has 3 aromatic rings. The van der Waals surface area contributed by atoms with E-state index < -0.39 is 0 Å². The summed E-state index contributed by atoms with van der Waals surface area (Å²) in [6.45, 7) is 4.43. The molecule has 2 aromatic heterocycles. The topological polar surface area (TPSA) is 48.1 Å². The van der Waals surface area contributed by atoms with E-state index in [1.165, 1.54) is 24.9 Å². The van der Waals surface area contributed by atoms with Crippen molar-refractivity contribution in [1.29, 1.82) is 0 Å². The van der Waals surface area contributed by atoms with Gasteiger partial charge in [-0.05, 0) is 30.4 Å². The molecule has 25 heavy (non-hydrogen) atoms. The third-order valence-electron chi connectivity index (χ3n) is 5.64. The number of aromatic nitrogens is 3. The van der Waals surface area contributed by atoms with E-state index >= 15 is 0 Å². The van der Waals surface area contributed by atoms with Gasteiger partial charge in [-0.15, -0.1) is 0 Å². The van der Waals surface area contributed by atoms with E-state index in [9.17, 15) is 0 Å². The molecule has 2 unspecified atom stereocenters. The summed E-state index contributed by atoms with van der Waals surface area (Å²) in [5.41, 5.74) is 3.49. The number of H-pyrrole nitrogens is 1. The largest absolute Gasteiger partial charge is 0.357 e. The van der Waals surface area contributed by atoms with Gasteiger partial charge in [0, 0.05) is 38.4 Å². The van der Waals surface area contributed by atoms with Crippen LogP contribution in [0.5, 0.6) is 0 Å². The van der Waals surface area contributed by atoms with Crippen molar-refractivity contribution in [2.45, 2.75) is 25.4 Å². The highest BCUT2D eigenvalue weighted by Crippen LogP contribution is 2.33. The number of fused-ring (bicyclic) bond motifs is 5. The quantitative estimate of drug-likeness (QED) is 0.800. The van der Waals surface area contributed by atoms with Gasteiger partial charge in [0.15, 0.2) is 5.82 Å². The fraction of sp³-hybridized carbons (Fsp3) is 0.400. The highest BCUT2D eigenvalue weighted by Gasteiger charge is 2.36. The van der Waals surface area contributed by atoms with Crippen molar-refractivity contribution in [3.05, 3.63) is 54.5 Å². The molecular formula is C20H23N5. The van der Waals surface area contributed by atoms with Gasteiger partial charge in [-0.1, -0.05) is 30.3 Å². The van der Waals surface area contributed by atoms with E-state index in [1.54, 1.807) is 6.33 Å². The molecule has 0 radical (unpaired) electrons. The van der Waals surface area contributed by atoms with Crippen LogP contribution in [0.3, 0.4) is 0 Å². The van der Waals surface area contributed by atoms with Crippen LogP contribution in [0.1, 0.15) is 18.4 Å². The predicted octanol–water partition coefficient (Wildman–Crippen LogP) is 3.06. The number of piperidine rings is 1. The van der Waals surface area contributed by atoms with Crippen molar-refractivity contribution in [2.75, 3.05) is 24.5 Å². The van der Waals surface area contributed by atoms with Gasteiger partial charge in [0.25, 0.3) is 0 Å². The summed E-state index contributed by atoms with van der Waals surface area (Å²) < 4.78 is 0. The molecule has 128 valence electrons. The van der Waals surface area contributed by atoms with Crippen molar-refractivity contribution < 1.29 is 0 Å². The summed E-state index contributed by atoms with van der Waals surface area (Å²) >= 11 is 0. The molecule has 0 aliphatic carbocycles. The van der Waals surface area contributed by atoms with Crippen LogP contribution in [0.4, 0.5) is 5.82 Å². The Hall–Kier alpha value is -2.40. The highest BCUT2D eigenvalue weighted by molar-refractivity contribution is 5.86.